The Morgan fingerprint density at radius 2 is 1.56 bits per heavy atom. The van der Waals surface area contributed by atoms with E-state index in [4.69, 9.17) is 40.0 Å². The maximum Gasteiger partial charge on any atom is 0.312 e. The summed E-state index contributed by atoms with van der Waals surface area (Å²) in [5, 5.41) is 12.5. The van der Waals surface area contributed by atoms with Crippen LogP contribution >= 0.6 is 11.6 Å². The number of allylic oxidation sites excluding steroid dienone is 2. The Morgan fingerprint density at radius 3 is 2.07 bits per heavy atom. The second kappa shape index (κ2) is 11.0. The summed E-state index contributed by atoms with van der Waals surface area (Å²) in [6, 6.07) is 0. The van der Waals surface area contributed by atoms with Gasteiger partial charge in [-0.3, -0.25) is 24.0 Å². The van der Waals surface area contributed by atoms with E-state index in [9.17, 15) is 29.1 Å². The molecule has 3 fully saturated rings. The minimum absolute atomic E-state index is 0.00103. The first-order chi connectivity index (χ1) is 19.1. The molecule has 0 unspecified atom stereocenters. The van der Waals surface area contributed by atoms with Crippen LogP contribution in [0.2, 0.25) is 0 Å². The van der Waals surface area contributed by atoms with Crippen LogP contribution in [0.25, 0.3) is 0 Å². The van der Waals surface area contributed by atoms with Crippen LogP contribution in [0.1, 0.15) is 48.0 Å². The van der Waals surface area contributed by atoms with Crippen LogP contribution in [0, 0.1) is 17.3 Å². The van der Waals surface area contributed by atoms with E-state index >= 15 is 0 Å². The van der Waals surface area contributed by atoms with Crippen molar-refractivity contribution in [3.05, 3.63) is 23.8 Å². The van der Waals surface area contributed by atoms with Crippen LogP contribution in [-0.2, 0) is 52.4 Å². The predicted octanol–water partition coefficient (Wildman–Crippen LogP) is 1.54. The lowest BCUT2D eigenvalue weighted by Crippen LogP contribution is -2.71. The van der Waals surface area contributed by atoms with E-state index < -0.39 is 88.8 Å². The highest BCUT2D eigenvalue weighted by Gasteiger charge is 2.78. The van der Waals surface area contributed by atoms with Crippen molar-refractivity contribution in [1.29, 1.82) is 0 Å². The first-order valence-corrected chi connectivity index (χ1v) is 13.8. The van der Waals surface area contributed by atoms with Crippen molar-refractivity contribution < 1.29 is 57.5 Å². The molecular formula is C28H35ClO12. The van der Waals surface area contributed by atoms with Crippen molar-refractivity contribution in [1.82, 2.24) is 0 Å². The zero-order valence-electron chi connectivity index (χ0n) is 23.7. The highest BCUT2D eigenvalue weighted by molar-refractivity contribution is 6.19. The van der Waals surface area contributed by atoms with Gasteiger partial charge in [-0.2, -0.15) is 0 Å². The quantitative estimate of drug-likeness (QED) is 0.210. The minimum Gasteiger partial charge on any atom is -0.462 e. The number of rotatable bonds is 5. The summed E-state index contributed by atoms with van der Waals surface area (Å²) in [7, 11) is 0. The minimum atomic E-state index is -2.20. The fraction of sp³-hybridized carbons (Fsp3) is 0.679. The highest BCUT2D eigenvalue weighted by atomic mass is 35.5. The van der Waals surface area contributed by atoms with Gasteiger partial charge in [0.05, 0.1) is 17.9 Å². The number of hydrogen-bond donors (Lipinski definition) is 1. The van der Waals surface area contributed by atoms with Crippen LogP contribution in [0.5, 0.6) is 0 Å². The molecule has 1 N–H and O–H groups in total. The molecule has 1 saturated carbocycles. The van der Waals surface area contributed by atoms with Crippen LogP contribution in [-0.4, -0.2) is 89.2 Å². The van der Waals surface area contributed by atoms with Gasteiger partial charge in [-0.15, -0.1) is 11.6 Å². The SMILES string of the molecule is CC(=O)O[C@H]1/C=C\C(CCl)=C/[C@@H]2OC(=O)[C@H](C)[C@@]2(O)[C@@H](OC(C)=O)[C@H]2[C@@]3(CO3)[C@H](OC(C)=O)C[C@H](OC(C)=O)[C@]12C. The van der Waals surface area contributed by atoms with E-state index in [2.05, 4.69) is 0 Å². The number of carbonyl (C=O) groups excluding carboxylic acids is 5. The van der Waals surface area contributed by atoms with Crippen LogP contribution in [0.15, 0.2) is 23.8 Å². The molecule has 41 heavy (non-hydrogen) atoms. The van der Waals surface area contributed by atoms with Gasteiger partial charge in [-0.05, 0) is 24.6 Å². The van der Waals surface area contributed by atoms with E-state index in [1.807, 2.05) is 0 Å². The lowest BCUT2D eigenvalue weighted by Gasteiger charge is -2.57. The lowest BCUT2D eigenvalue weighted by molar-refractivity contribution is -0.252. The summed E-state index contributed by atoms with van der Waals surface area (Å²) in [6.45, 7) is 7.83. The molecule has 2 heterocycles. The van der Waals surface area contributed by atoms with Gasteiger partial charge in [0.2, 0.25) is 0 Å². The fourth-order valence-electron chi connectivity index (χ4n) is 6.73. The molecule has 2 aliphatic carbocycles. The zero-order valence-corrected chi connectivity index (χ0v) is 24.5. The number of esters is 5. The molecule has 4 rings (SSSR count). The molecule has 2 aliphatic heterocycles. The summed E-state index contributed by atoms with van der Waals surface area (Å²) in [5.41, 5.74) is -4.65. The van der Waals surface area contributed by atoms with Gasteiger partial charge < -0.3 is 33.5 Å². The Morgan fingerprint density at radius 1 is 1.00 bits per heavy atom. The van der Waals surface area contributed by atoms with Crippen molar-refractivity contribution >= 4 is 41.4 Å². The third kappa shape index (κ3) is 5.25. The molecule has 226 valence electrons. The Balaban J connectivity index is 2.09. The molecule has 10 atom stereocenters. The first kappa shape index (κ1) is 31.0. The molecule has 1 spiro atoms. The average Bonchev–Trinajstić information content (AvgIpc) is 3.62. The topological polar surface area (TPSA) is 164 Å². The van der Waals surface area contributed by atoms with Gasteiger partial charge in [-0.1, -0.05) is 13.0 Å². The third-order valence-corrected chi connectivity index (χ3v) is 8.97. The number of fused-ring (bicyclic) bond motifs is 3. The van der Waals surface area contributed by atoms with Crippen LogP contribution in [0.3, 0.4) is 0 Å². The lowest BCUT2D eigenvalue weighted by atomic mass is 9.52. The Kier molecular flexibility index (Phi) is 8.34. The zero-order chi connectivity index (χ0) is 30.5. The van der Waals surface area contributed by atoms with Crippen molar-refractivity contribution in [3.63, 3.8) is 0 Å². The molecule has 0 amide bonds. The number of aliphatic hydroxyl groups is 1. The number of halogens is 1. The molecule has 12 nitrogen and oxygen atoms in total. The fourth-order valence-corrected chi connectivity index (χ4v) is 6.91. The molecule has 0 aromatic heterocycles. The van der Waals surface area contributed by atoms with Gasteiger partial charge in [-0.25, -0.2) is 0 Å². The number of ether oxygens (including phenoxy) is 6. The number of epoxide rings is 1. The van der Waals surface area contributed by atoms with Gasteiger partial charge in [0, 0.05) is 45.9 Å². The Labute approximate surface area is 242 Å². The van der Waals surface area contributed by atoms with Crippen LogP contribution < -0.4 is 0 Å². The smallest absolute Gasteiger partial charge is 0.312 e. The third-order valence-electron chi connectivity index (χ3n) is 8.67. The summed E-state index contributed by atoms with van der Waals surface area (Å²) in [4.78, 5) is 62.7. The maximum absolute atomic E-state index is 13.0. The second-order valence-electron chi connectivity index (χ2n) is 11.3. The van der Waals surface area contributed by atoms with E-state index in [1.165, 1.54) is 33.8 Å². The van der Waals surface area contributed by atoms with E-state index in [-0.39, 0.29) is 18.9 Å². The number of alkyl halides is 1. The standard InChI is InChI=1S/C28H35ClO12/c1-13-25(34)41-22-9-18(11-29)7-8-19(37-14(2)30)26(6)20(38-15(3)31)10-21(39-16(4)32)27(12-36-27)23(26)24(28(13,22)35)40-17(5)33/h7-9,13,19-24,35H,10-12H2,1-6H3/b8-7-,18-9+/t13-,19-,20-,21+,22-,23+,24-,26-,27+,28-/m0/s1. The molecule has 4 aliphatic rings. The van der Waals surface area contributed by atoms with E-state index in [1.54, 1.807) is 19.1 Å². The monoisotopic (exact) mass is 598 g/mol. The number of hydrogen-bond acceptors (Lipinski definition) is 12. The molecule has 13 heteroatoms. The largest absolute Gasteiger partial charge is 0.462 e. The summed E-state index contributed by atoms with van der Waals surface area (Å²) >= 11 is 6.20. The van der Waals surface area contributed by atoms with Gasteiger partial charge in [0.25, 0.3) is 0 Å². The molecule has 2 saturated heterocycles. The normalized spacial score (nSPS) is 43.3. The molecule has 0 bridgehead atoms. The summed E-state index contributed by atoms with van der Waals surface area (Å²) < 4.78 is 34.8. The van der Waals surface area contributed by atoms with Gasteiger partial charge in [0.15, 0.2) is 11.7 Å². The second-order valence-corrected chi connectivity index (χ2v) is 11.5. The summed E-state index contributed by atoms with van der Waals surface area (Å²) in [6.07, 6.45) is -1.68. The molecule has 0 radical (unpaired) electrons. The van der Waals surface area contributed by atoms with E-state index in [0.29, 0.717) is 5.57 Å². The van der Waals surface area contributed by atoms with E-state index in [0.717, 1.165) is 6.92 Å². The first-order valence-electron chi connectivity index (χ1n) is 13.3. The van der Waals surface area contributed by atoms with Crippen molar-refractivity contribution in [2.75, 3.05) is 12.5 Å². The van der Waals surface area contributed by atoms with Gasteiger partial charge in [0.1, 0.15) is 30.0 Å². The summed E-state index contributed by atoms with van der Waals surface area (Å²) in [5.74, 6) is -6.02. The van der Waals surface area contributed by atoms with Crippen LogP contribution in [0.4, 0.5) is 0 Å². The molecule has 0 aromatic carbocycles. The maximum atomic E-state index is 13.0. The van der Waals surface area contributed by atoms with Crippen molar-refractivity contribution in [3.8, 4) is 0 Å². The van der Waals surface area contributed by atoms with Crippen molar-refractivity contribution in [2.24, 2.45) is 17.3 Å². The highest BCUT2D eigenvalue weighted by Crippen LogP contribution is 2.62. The Hall–Kier alpha value is -2.96. The average molecular weight is 599 g/mol. The van der Waals surface area contributed by atoms with Gasteiger partial charge >= 0.3 is 29.8 Å². The van der Waals surface area contributed by atoms with Crippen molar-refractivity contribution in [2.45, 2.75) is 89.7 Å². The predicted molar refractivity (Wildman–Crippen MR) is 139 cm³/mol. The molecular weight excluding hydrogens is 564 g/mol. The Bertz CT molecular complexity index is 1190. The number of carbonyl (C=O) groups is 5. The molecule has 0 aromatic rings.